The Kier molecular flexibility index (Phi) is 3.18. The van der Waals surface area contributed by atoms with Gasteiger partial charge in [-0.25, -0.2) is 4.72 Å². The summed E-state index contributed by atoms with van der Waals surface area (Å²) in [6, 6.07) is 0.332. The molecule has 11 heavy (non-hydrogen) atoms. The lowest BCUT2D eigenvalue weighted by molar-refractivity contribution is 0.390. The average molecular weight is 179 g/mol. The van der Waals surface area contributed by atoms with E-state index in [-0.39, 0.29) is 0 Å². The molecule has 3 nitrogen and oxygen atoms in total. The molecule has 0 amide bonds. The lowest BCUT2D eigenvalue weighted by Crippen LogP contribution is -2.32. The zero-order valence-electron chi connectivity index (χ0n) is 6.92. The Morgan fingerprint density at radius 3 is 2.18 bits per heavy atom. The molecule has 0 spiro atoms. The molecule has 3 N–H and O–H groups in total. The summed E-state index contributed by atoms with van der Waals surface area (Å²) >= 11 is 0. The minimum absolute atomic E-state index is 0.332. The van der Waals surface area contributed by atoms with Crippen LogP contribution in [-0.4, -0.2) is 21.4 Å². The molecular weight excluding hydrogens is 162 g/mol. The third kappa shape index (κ3) is 3.96. The second-order valence-corrected chi connectivity index (χ2v) is 5.19. The summed E-state index contributed by atoms with van der Waals surface area (Å²) in [6.45, 7) is 0. The van der Waals surface area contributed by atoms with Crippen molar-refractivity contribution in [3.05, 3.63) is 0 Å². The number of hydrogen-bond acceptors (Lipinski definition) is 3. The Labute approximate surface area is 69.7 Å². The fraction of sp³-hybridized carbons (Fsp3) is 1.00. The molecule has 0 bridgehead atoms. The number of hydrogen-bond donors (Lipinski definition) is 3. The van der Waals surface area contributed by atoms with Gasteiger partial charge in [0.05, 0.1) is 0 Å². The summed E-state index contributed by atoms with van der Waals surface area (Å²) < 4.78 is 21.0. The van der Waals surface area contributed by atoms with Crippen molar-refractivity contribution in [1.29, 1.82) is 0 Å². The van der Waals surface area contributed by atoms with Crippen LogP contribution in [0.2, 0.25) is 0 Å². The third-order valence-corrected chi connectivity index (χ3v) is 2.77. The van der Waals surface area contributed by atoms with Crippen LogP contribution in [0.25, 0.3) is 0 Å². The highest BCUT2D eigenvalue weighted by Gasteiger charge is 2.16. The molecule has 1 fully saturated rings. The van der Waals surface area contributed by atoms with Gasteiger partial charge in [0.2, 0.25) is 0 Å². The van der Waals surface area contributed by atoms with Gasteiger partial charge in [0, 0.05) is 12.3 Å². The molecule has 0 aromatic heterocycles. The Hall–Kier alpha value is 0.230. The maximum Gasteiger partial charge on any atom is 0.0416 e. The summed E-state index contributed by atoms with van der Waals surface area (Å²) in [4.78, 5) is 0. The van der Waals surface area contributed by atoms with Crippen LogP contribution in [-0.2, 0) is 0 Å². The van der Waals surface area contributed by atoms with Gasteiger partial charge in [0.15, 0.2) is 0 Å². The van der Waals surface area contributed by atoms with Crippen LogP contribution in [0, 0.1) is 0 Å². The summed E-state index contributed by atoms with van der Waals surface area (Å²) in [7, 11) is -2.47. The topological polar surface area (TPSA) is 52.5 Å². The monoisotopic (exact) mass is 179 g/mol. The van der Waals surface area contributed by atoms with Crippen molar-refractivity contribution in [3.63, 3.8) is 0 Å². The smallest absolute Gasteiger partial charge is 0.0416 e. The van der Waals surface area contributed by atoms with Crippen LogP contribution in [0.4, 0.5) is 0 Å². The fourth-order valence-electron chi connectivity index (χ4n) is 1.54. The van der Waals surface area contributed by atoms with Gasteiger partial charge in [0.1, 0.15) is 0 Å². The lowest BCUT2D eigenvalue weighted by Gasteiger charge is -2.34. The fourth-order valence-corrected chi connectivity index (χ4v) is 2.40. The van der Waals surface area contributed by atoms with Gasteiger partial charge in [0.25, 0.3) is 0 Å². The predicted octanol–water partition coefficient (Wildman–Crippen LogP) is 2.20. The van der Waals surface area contributed by atoms with Crippen LogP contribution in [0.3, 0.4) is 0 Å². The summed E-state index contributed by atoms with van der Waals surface area (Å²) in [5.74, 6) is 0. The van der Waals surface area contributed by atoms with Crippen molar-refractivity contribution in [3.8, 4) is 0 Å². The second kappa shape index (κ2) is 3.76. The zero-order valence-corrected chi connectivity index (χ0v) is 7.73. The van der Waals surface area contributed by atoms with Crippen LogP contribution in [0.5, 0.6) is 0 Å². The molecule has 0 atom stereocenters. The van der Waals surface area contributed by atoms with Crippen molar-refractivity contribution >= 4 is 10.8 Å². The molecule has 1 aliphatic carbocycles. The molecule has 0 unspecified atom stereocenters. The maximum atomic E-state index is 9.10. The Bertz CT molecular complexity index is 118. The van der Waals surface area contributed by atoms with Crippen molar-refractivity contribution in [2.45, 2.75) is 38.1 Å². The minimum atomic E-state index is -2.47. The first-order valence-corrected chi connectivity index (χ1v) is 6.04. The third-order valence-electron chi connectivity index (χ3n) is 2.00. The molecule has 0 radical (unpaired) electrons. The van der Waals surface area contributed by atoms with Crippen LogP contribution in [0.1, 0.15) is 32.1 Å². The number of nitrogens with one attached hydrogen (secondary N) is 1. The van der Waals surface area contributed by atoms with Crippen molar-refractivity contribution < 1.29 is 9.11 Å². The van der Waals surface area contributed by atoms with E-state index in [0.29, 0.717) is 6.04 Å². The molecule has 68 valence electrons. The van der Waals surface area contributed by atoms with Gasteiger partial charge in [-0.3, -0.25) is 9.11 Å². The Morgan fingerprint density at radius 2 is 1.73 bits per heavy atom. The van der Waals surface area contributed by atoms with E-state index < -0.39 is 10.8 Å². The first-order valence-electron chi connectivity index (χ1n) is 4.08. The highest BCUT2D eigenvalue weighted by Crippen LogP contribution is 2.31. The molecule has 1 rings (SSSR count). The van der Waals surface area contributed by atoms with E-state index in [1.54, 1.807) is 0 Å². The number of rotatable bonds is 2. The summed E-state index contributed by atoms with van der Waals surface area (Å²) in [5.41, 5.74) is 0. The molecule has 0 aliphatic heterocycles. The first kappa shape index (κ1) is 9.32. The lowest BCUT2D eigenvalue weighted by atomic mass is 9.96. The molecule has 1 aliphatic rings. The largest absolute Gasteiger partial charge is 0.286 e. The van der Waals surface area contributed by atoms with E-state index in [2.05, 4.69) is 4.72 Å². The zero-order chi connectivity index (χ0) is 8.32. The van der Waals surface area contributed by atoms with Gasteiger partial charge in [-0.2, -0.15) is 0 Å². The highest BCUT2D eigenvalue weighted by atomic mass is 32.3. The summed E-state index contributed by atoms with van der Waals surface area (Å²) in [6.07, 6.45) is 7.34. The SMILES string of the molecule is CS(O)(O)NC1CCCCC1. The molecule has 0 heterocycles. The Balaban J connectivity index is 2.24. The van der Waals surface area contributed by atoms with E-state index in [4.69, 9.17) is 9.11 Å². The quantitative estimate of drug-likeness (QED) is 0.609. The van der Waals surface area contributed by atoms with Gasteiger partial charge >= 0.3 is 0 Å². The average Bonchev–Trinajstić information content (AvgIpc) is 1.85. The second-order valence-electron chi connectivity index (χ2n) is 3.29. The van der Waals surface area contributed by atoms with Crippen LogP contribution < -0.4 is 4.72 Å². The molecular formula is C7H17NO2S. The van der Waals surface area contributed by atoms with Crippen LogP contribution in [0.15, 0.2) is 0 Å². The standard InChI is InChI=1S/C7H17NO2S/c1-11(9,10)8-7-5-3-2-4-6-7/h7-10H,2-6H2,1H3. The maximum absolute atomic E-state index is 9.10. The highest BCUT2D eigenvalue weighted by molar-refractivity contribution is 8.22. The van der Waals surface area contributed by atoms with E-state index >= 15 is 0 Å². The van der Waals surface area contributed by atoms with Crippen molar-refractivity contribution in [2.24, 2.45) is 0 Å². The van der Waals surface area contributed by atoms with Crippen LogP contribution >= 0.6 is 10.8 Å². The first-order chi connectivity index (χ1) is 5.08. The summed E-state index contributed by atoms with van der Waals surface area (Å²) in [5, 5.41) is 0. The van der Waals surface area contributed by atoms with E-state index in [9.17, 15) is 0 Å². The molecule has 0 saturated heterocycles. The van der Waals surface area contributed by atoms with E-state index in [1.807, 2.05) is 0 Å². The van der Waals surface area contributed by atoms with E-state index in [0.717, 1.165) is 12.8 Å². The molecule has 0 aromatic rings. The molecule has 4 heteroatoms. The van der Waals surface area contributed by atoms with Gasteiger partial charge in [-0.15, -0.1) is 10.8 Å². The minimum Gasteiger partial charge on any atom is -0.286 e. The van der Waals surface area contributed by atoms with Crippen molar-refractivity contribution in [2.75, 3.05) is 6.26 Å². The van der Waals surface area contributed by atoms with Gasteiger partial charge in [-0.1, -0.05) is 19.3 Å². The normalized spacial score (nSPS) is 23.5. The predicted molar refractivity (Wildman–Crippen MR) is 48.8 cm³/mol. The van der Waals surface area contributed by atoms with Gasteiger partial charge < -0.3 is 0 Å². The molecule has 0 aromatic carbocycles. The Morgan fingerprint density at radius 1 is 1.18 bits per heavy atom. The van der Waals surface area contributed by atoms with Crippen molar-refractivity contribution in [1.82, 2.24) is 4.72 Å². The molecule has 1 saturated carbocycles. The van der Waals surface area contributed by atoms with E-state index in [1.165, 1.54) is 25.5 Å². The van der Waals surface area contributed by atoms with Gasteiger partial charge in [-0.05, 0) is 12.8 Å².